The van der Waals surface area contributed by atoms with Crippen molar-refractivity contribution in [3.05, 3.63) is 24.3 Å². The first-order chi connectivity index (χ1) is 14.7. The first kappa shape index (κ1) is 22.2. The second-order valence-corrected chi connectivity index (χ2v) is 7.95. The normalized spacial score (nSPS) is 18.7. The van der Waals surface area contributed by atoms with Crippen LogP contribution in [0.25, 0.3) is 0 Å². The number of hydrogen-bond donors (Lipinski definition) is 1. The van der Waals surface area contributed by atoms with Gasteiger partial charge in [0.05, 0.1) is 7.11 Å². The lowest BCUT2D eigenvalue weighted by Gasteiger charge is -2.38. The van der Waals surface area contributed by atoms with Crippen LogP contribution in [0.1, 0.15) is 39.5 Å². The second-order valence-electron chi connectivity index (χ2n) is 7.95. The first-order valence-corrected chi connectivity index (χ1v) is 11.4. The minimum Gasteiger partial charge on any atom is -0.497 e. The highest BCUT2D eigenvalue weighted by molar-refractivity contribution is 5.80. The number of nitrogens with one attached hydrogen (secondary N) is 1. The monoisotopic (exact) mass is 415 g/mol. The van der Waals surface area contributed by atoms with Gasteiger partial charge in [-0.15, -0.1) is 0 Å². The van der Waals surface area contributed by atoms with Crippen LogP contribution in [0.4, 0.5) is 5.69 Å². The molecule has 30 heavy (non-hydrogen) atoms. The van der Waals surface area contributed by atoms with E-state index in [4.69, 9.17) is 9.73 Å². The van der Waals surface area contributed by atoms with E-state index in [9.17, 15) is 4.79 Å². The molecule has 166 valence electrons. The number of rotatable bonds is 8. The Morgan fingerprint density at radius 1 is 1.20 bits per heavy atom. The molecule has 2 aliphatic heterocycles. The predicted octanol–water partition coefficient (Wildman–Crippen LogP) is 2.57. The van der Waals surface area contributed by atoms with Crippen LogP contribution in [0.3, 0.4) is 0 Å². The Balaban J connectivity index is 1.55. The van der Waals surface area contributed by atoms with Gasteiger partial charge in [0.1, 0.15) is 5.75 Å². The molecule has 0 aliphatic carbocycles. The standard InChI is InChI=1S/C23H37N5O2/c1-4-19(28-13-7-10-22(28)29)11-12-25-23(24-5-2)27-16-14-26(15-17-27)20-8-6-9-21(18-20)30-3/h6,8-9,18-19H,4-5,7,10-17H2,1-3H3,(H,24,25). The van der Waals surface area contributed by atoms with Crippen LogP contribution < -0.4 is 15.0 Å². The van der Waals surface area contributed by atoms with E-state index in [0.717, 1.165) is 76.8 Å². The van der Waals surface area contributed by atoms with E-state index in [0.29, 0.717) is 18.4 Å². The summed E-state index contributed by atoms with van der Waals surface area (Å²) in [5.74, 6) is 2.20. The number of methoxy groups -OCH3 is 1. The van der Waals surface area contributed by atoms with Crippen LogP contribution >= 0.6 is 0 Å². The lowest BCUT2D eigenvalue weighted by molar-refractivity contribution is -0.129. The zero-order valence-electron chi connectivity index (χ0n) is 18.8. The van der Waals surface area contributed by atoms with Crippen molar-refractivity contribution in [1.29, 1.82) is 0 Å². The second kappa shape index (κ2) is 11.1. The number of guanidine groups is 1. The summed E-state index contributed by atoms with van der Waals surface area (Å²) in [5.41, 5.74) is 1.21. The number of aliphatic imine (C=N–C) groups is 1. The van der Waals surface area contributed by atoms with Crippen LogP contribution in [-0.4, -0.2) is 80.6 Å². The van der Waals surface area contributed by atoms with Crippen molar-refractivity contribution in [1.82, 2.24) is 15.1 Å². The number of anilines is 1. The third kappa shape index (κ3) is 5.58. The van der Waals surface area contributed by atoms with E-state index in [-0.39, 0.29) is 0 Å². The highest BCUT2D eigenvalue weighted by atomic mass is 16.5. The Hall–Kier alpha value is -2.44. The number of likely N-dealkylation sites (tertiary alicyclic amines) is 1. The fourth-order valence-electron chi connectivity index (χ4n) is 4.36. The summed E-state index contributed by atoms with van der Waals surface area (Å²) in [4.78, 5) is 23.8. The largest absolute Gasteiger partial charge is 0.497 e. The average Bonchev–Trinajstić information content (AvgIpc) is 3.22. The number of hydrogen-bond acceptors (Lipinski definition) is 4. The van der Waals surface area contributed by atoms with Crippen LogP contribution in [0.15, 0.2) is 29.3 Å². The molecule has 2 heterocycles. The highest BCUT2D eigenvalue weighted by Crippen LogP contribution is 2.22. The van der Waals surface area contributed by atoms with Crippen molar-refractivity contribution >= 4 is 17.6 Å². The third-order valence-corrected chi connectivity index (χ3v) is 6.08. The SMILES string of the molecule is CCNC(=NCCC(CC)N1CCCC1=O)N1CCN(c2cccc(OC)c2)CC1. The van der Waals surface area contributed by atoms with Gasteiger partial charge in [-0.05, 0) is 38.3 Å². The number of carbonyl (C=O) groups is 1. The zero-order chi connectivity index (χ0) is 21.3. The Morgan fingerprint density at radius 3 is 2.63 bits per heavy atom. The molecule has 0 aromatic heterocycles. The minimum absolute atomic E-state index is 0.311. The molecule has 0 spiro atoms. The van der Waals surface area contributed by atoms with Crippen molar-refractivity contribution in [2.45, 2.75) is 45.6 Å². The van der Waals surface area contributed by atoms with Gasteiger partial charge in [0.25, 0.3) is 0 Å². The predicted molar refractivity (Wildman–Crippen MR) is 122 cm³/mol. The Kier molecular flexibility index (Phi) is 8.22. The maximum Gasteiger partial charge on any atom is 0.222 e. The van der Waals surface area contributed by atoms with Crippen molar-refractivity contribution < 1.29 is 9.53 Å². The molecule has 3 rings (SSSR count). The highest BCUT2D eigenvalue weighted by Gasteiger charge is 2.26. The molecule has 7 heteroatoms. The van der Waals surface area contributed by atoms with Gasteiger partial charge in [0.15, 0.2) is 5.96 Å². The van der Waals surface area contributed by atoms with E-state index < -0.39 is 0 Å². The Labute approximate surface area is 181 Å². The molecule has 7 nitrogen and oxygen atoms in total. The zero-order valence-corrected chi connectivity index (χ0v) is 18.8. The van der Waals surface area contributed by atoms with Crippen molar-refractivity contribution in [2.24, 2.45) is 4.99 Å². The summed E-state index contributed by atoms with van der Waals surface area (Å²) in [6, 6.07) is 8.58. The van der Waals surface area contributed by atoms with Gasteiger partial charge in [0, 0.05) is 70.0 Å². The summed E-state index contributed by atoms with van der Waals surface area (Å²) >= 11 is 0. The molecule has 0 saturated carbocycles. The van der Waals surface area contributed by atoms with Crippen molar-refractivity contribution in [2.75, 3.05) is 57.8 Å². The van der Waals surface area contributed by atoms with Crippen molar-refractivity contribution in [3.8, 4) is 5.75 Å². The Morgan fingerprint density at radius 2 is 2.00 bits per heavy atom. The van der Waals surface area contributed by atoms with Gasteiger partial charge in [-0.1, -0.05) is 13.0 Å². The van der Waals surface area contributed by atoms with Crippen molar-refractivity contribution in [3.63, 3.8) is 0 Å². The van der Waals surface area contributed by atoms with E-state index in [1.807, 2.05) is 12.1 Å². The quantitative estimate of drug-likeness (QED) is 0.522. The lowest BCUT2D eigenvalue weighted by atomic mass is 10.1. The summed E-state index contributed by atoms with van der Waals surface area (Å²) in [6.45, 7) is 10.6. The van der Waals surface area contributed by atoms with Crippen LogP contribution in [-0.2, 0) is 4.79 Å². The minimum atomic E-state index is 0.311. The number of ether oxygens (including phenoxy) is 1. The molecule has 1 aromatic rings. The number of carbonyl (C=O) groups excluding carboxylic acids is 1. The fourth-order valence-corrected chi connectivity index (χ4v) is 4.36. The van der Waals surface area contributed by atoms with E-state index in [1.165, 1.54) is 5.69 Å². The van der Waals surface area contributed by atoms with E-state index in [1.54, 1.807) is 7.11 Å². The van der Waals surface area contributed by atoms with Crippen LogP contribution in [0.5, 0.6) is 5.75 Å². The smallest absolute Gasteiger partial charge is 0.222 e. The number of piperazine rings is 1. The number of nitrogens with zero attached hydrogens (tertiary/aromatic N) is 4. The molecule has 1 atom stereocenters. The summed E-state index contributed by atoms with van der Waals surface area (Å²) < 4.78 is 5.36. The molecule has 1 unspecified atom stereocenters. The van der Waals surface area contributed by atoms with E-state index in [2.05, 4.69) is 46.0 Å². The molecule has 0 bridgehead atoms. The van der Waals surface area contributed by atoms with Gasteiger partial charge in [-0.2, -0.15) is 0 Å². The average molecular weight is 416 g/mol. The summed E-state index contributed by atoms with van der Waals surface area (Å²) in [5, 5.41) is 3.45. The van der Waals surface area contributed by atoms with Gasteiger partial charge >= 0.3 is 0 Å². The van der Waals surface area contributed by atoms with E-state index >= 15 is 0 Å². The molecule has 2 fully saturated rings. The first-order valence-electron chi connectivity index (χ1n) is 11.4. The lowest BCUT2D eigenvalue weighted by Crippen LogP contribution is -2.52. The molecule has 1 N–H and O–H groups in total. The summed E-state index contributed by atoms with van der Waals surface area (Å²) in [6.07, 6.45) is 3.64. The third-order valence-electron chi connectivity index (χ3n) is 6.08. The van der Waals surface area contributed by atoms with Crippen LogP contribution in [0, 0.1) is 0 Å². The molecule has 0 radical (unpaired) electrons. The van der Waals surface area contributed by atoms with Gasteiger partial charge in [0.2, 0.25) is 5.91 Å². The maximum atomic E-state index is 12.1. The Bertz CT molecular complexity index is 715. The summed E-state index contributed by atoms with van der Waals surface area (Å²) in [7, 11) is 1.71. The molecule has 1 amide bonds. The van der Waals surface area contributed by atoms with Crippen LogP contribution in [0.2, 0.25) is 0 Å². The molecular weight excluding hydrogens is 378 g/mol. The topological polar surface area (TPSA) is 60.4 Å². The van der Waals surface area contributed by atoms with Gasteiger partial charge in [-0.25, -0.2) is 0 Å². The maximum absolute atomic E-state index is 12.1. The van der Waals surface area contributed by atoms with Gasteiger partial charge in [-0.3, -0.25) is 9.79 Å². The number of benzene rings is 1. The molecule has 2 aliphatic rings. The van der Waals surface area contributed by atoms with Gasteiger partial charge < -0.3 is 24.8 Å². The molecule has 2 saturated heterocycles. The molecular formula is C23H37N5O2. The number of amides is 1. The molecule has 1 aromatic carbocycles. The fraction of sp³-hybridized carbons (Fsp3) is 0.652.